The van der Waals surface area contributed by atoms with E-state index in [2.05, 4.69) is 25.2 Å². The fourth-order valence-corrected chi connectivity index (χ4v) is 2.66. The average Bonchev–Trinajstić information content (AvgIpc) is 2.54. The van der Waals surface area contributed by atoms with E-state index >= 15 is 0 Å². The molecule has 0 aromatic heterocycles. The van der Waals surface area contributed by atoms with E-state index in [9.17, 15) is 4.79 Å². The molecule has 3 heteroatoms. The molecule has 0 aliphatic carbocycles. The van der Waals surface area contributed by atoms with Gasteiger partial charge < -0.3 is 10.1 Å². The third-order valence-electron chi connectivity index (χ3n) is 3.97. The van der Waals surface area contributed by atoms with E-state index in [1.165, 1.54) is 0 Å². The van der Waals surface area contributed by atoms with Crippen molar-refractivity contribution in [2.45, 2.75) is 33.6 Å². The predicted octanol–water partition coefficient (Wildman–Crippen LogP) is 5.09. The van der Waals surface area contributed by atoms with Crippen molar-refractivity contribution >= 4 is 17.7 Å². The van der Waals surface area contributed by atoms with Crippen LogP contribution in [0, 0.1) is 13.8 Å². The third-order valence-corrected chi connectivity index (χ3v) is 3.97. The van der Waals surface area contributed by atoms with E-state index in [-0.39, 0.29) is 5.91 Å². The van der Waals surface area contributed by atoms with Crippen molar-refractivity contribution in [1.82, 2.24) is 0 Å². The molecule has 0 fully saturated rings. The Morgan fingerprint density at radius 1 is 1.17 bits per heavy atom. The maximum atomic E-state index is 12.4. The van der Waals surface area contributed by atoms with Crippen molar-refractivity contribution < 1.29 is 9.53 Å². The fraction of sp³-hybridized carbons (Fsp3) is 0.286. The smallest absolute Gasteiger partial charge is 0.248 e. The summed E-state index contributed by atoms with van der Waals surface area (Å²) in [5, 5.41) is 3.02. The minimum atomic E-state index is -0.144. The number of hydrogen-bond donors (Lipinski definition) is 1. The van der Waals surface area contributed by atoms with Gasteiger partial charge >= 0.3 is 0 Å². The summed E-state index contributed by atoms with van der Waals surface area (Å²) in [6, 6.07) is 12.0. The quantitative estimate of drug-likeness (QED) is 0.779. The van der Waals surface area contributed by atoms with E-state index in [0.717, 1.165) is 33.7 Å². The number of amides is 1. The van der Waals surface area contributed by atoms with Gasteiger partial charge in [-0.05, 0) is 49.1 Å². The molecule has 1 N–H and O–H groups in total. The number of anilines is 1. The first-order chi connectivity index (χ1) is 11.4. The standard InChI is InChI=1S/C21H25NO2/c1-14(2)18-8-6-7-16(4)21(18)22-20(23)12-10-17-13-15(3)9-11-19(17)24-5/h6-14H,1-5H3,(H,22,23)/b12-10+. The molecule has 3 nitrogen and oxygen atoms in total. The number of carbonyl (C=O) groups excluding carboxylic acids is 1. The Bertz CT molecular complexity index is 760. The highest BCUT2D eigenvalue weighted by Gasteiger charge is 2.10. The predicted molar refractivity (Wildman–Crippen MR) is 101 cm³/mol. The summed E-state index contributed by atoms with van der Waals surface area (Å²) in [4.78, 5) is 12.4. The largest absolute Gasteiger partial charge is 0.496 e. The number of para-hydroxylation sites is 1. The molecule has 0 unspecified atom stereocenters. The number of ether oxygens (including phenoxy) is 1. The molecule has 0 saturated heterocycles. The number of nitrogens with one attached hydrogen (secondary N) is 1. The molecular formula is C21H25NO2. The summed E-state index contributed by atoms with van der Waals surface area (Å²) in [5.74, 6) is 0.958. The number of hydrogen-bond acceptors (Lipinski definition) is 2. The van der Waals surface area contributed by atoms with Crippen molar-refractivity contribution in [2.75, 3.05) is 12.4 Å². The molecule has 1 amide bonds. The molecule has 0 heterocycles. The normalized spacial score (nSPS) is 11.1. The zero-order valence-corrected chi connectivity index (χ0v) is 15.0. The lowest BCUT2D eigenvalue weighted by atomic mass is 9.98. The summed E-state index contributed by atoms with van der Waals surface area (Å²) >= 11 is 0. The van der Waals surface area contributed by atoms with Gasteiger partial charge in [0.05, 0.1) is 7.11 Å². The summed E-state index contributed by atoms with van der Waals surface area (Å²) in [6.07, 6.45) is 3.34. The van der Waals surface area contributed by atoms with Gasteiger partial charge in [0.25, 0.3) is 0 Å². The number of methoxy groups -OCH3 is 1. The van der Waals surface area contributed by atoms with Crippen molar-refractivity contribution in [3.05, 3.63) is 64.7 Å². The molecule has 0 aliphatic heterocycles. The second kappa shape index (κ2) is 7.82. The molecule has 0 spiro atoms. The van der Waals surface area contributed by atoms with E-state index in [1.54, 1.807) is 19.3 Å². The molecular weight excluding hydrogens is 298 g/mol. The first kappa shape index (κ1) is 17.8. The van der Waals surface area contributed by atoms with Gasteiger partial charge in [-0.25, -0.2) is 0 Å². The summed E-state index contributed by atoms with van der Waals surface area (Å²) in [6.45, 7) is 8.27. The molecule has 0 aliphatic rings. The monoisotopic (exact) mass is 323 g/mol. The second-order valence-electron chi connectivity index (χ2n) is 6.26. The van der Waals surface area contributed by atoms with Gasteiger partial charge in [-0.3, -0.25) is 4.79 Å². The van der Waals surface area contributed by atoms with Crippen LogP contribution in [0.15, 0.2) is 42.5 Å². The lowest BCUT2D eigenvalue weighted by Gasteiger charge is -2.15. The highest BCUT2D eigenvalue weighted by atomic mass is 16.5. The molecule has 0 atom stereocenters. The first-order valence-corrected chi connectivity index (χ1v) is 8.15. The second-order valence-corrected chi connectivity index (χ2v) is 6.26. The Morgan fingerprint density at radius 3 is 2.58 bits per heavy atom. The van der Waals surface area contributed by atoms with Crippen molar-refractivity contribution in [1.29, 1.82) is 0 Å². The Labute approximate surface area is 144 Å². The van der Waals surface area contributed by atoms with Crippen LogP contribution < -0.4 is 10.1 Å². The van der Waals surface area contributed by atoms with Crippen LogP contribution >= 0.6 is 0 Å². The molecule has 0 radical (unpaired) electrons. The highest BCUT2D eigenvalue weighted by Crippen LogP contribution is 2.27. The average molecular weight is 323 g/mol. The number of aryl methyl sites for hydroxylation is 2. The van der Waals surface area contributed by atoms with E-state index in [4.69, 9.17) is 4.74 Å². The van der Waals surface area contributed by atoms with Crippen LogP contribution in [0.2, 0.25) is 0 Å². The van der Waals surface area contributed by atoms with Gasteiger partial charge in [0, 0.05) is 17.3 Å². The lowest BCUT2D eigenvalue weighted by molar-refractivity contribution is -0.111. The van der Waals surface area contributed by atoms with Crippen LogP contribution in [0.25, 0.3) is 6.08 Å². The molecule has 126 valence electrons. The highest BCUT2D eigenvalue weighted by molar-refractivity contribution is 6.03. The zero-order valence-electron chi connectivity index (χ0n) is 15.0. The van der Waals surface area contributed by atoms with Gasteiger partial charge in [-0.15, -0.1) is 0 Å². The maximum absolute atomic E-state index is 12.4. The van der Waals surface area contributed by atoms with Crippen molar-refractivity contribution in [3.63, 3.8) is 0 Å². The molecule has 2 rings (SSSR count). The van der Waals surface area contributed by atoms with E-state index in [1.807, 2.05) is 44.2 Å². The van der Waals surface area contributed by atoms with E-state index < -0.39 is 0 Å². The molecule has 2 aromatic carbocycles. The first-order valence-electron chi connectivity index (χ1n) is 8.15. The molecule has 24 heavy (non-hydrogen) atoms. The Morgan fingerprint density at radius 2 is 1.92 bits per heavy atom. The van der Waals surface area contributed by atoms with Gasteiger partial charge in [-0.2, -0.15) is 0 Å². The summed E-state index contributed by atoms with van der Waals surface area (Å²) in [5.41, 5.74) is 5.12. The Kier molecular flexibility index (Phi) is 5.80. The van der Waals surface area contributed by atoms with Crippen LogP contribution in [-0.2, 0) is 4.79 Å². The minimum absolute atomic E-state index is 0.144. The van der Waals surface area contributed by atoms with Crippen molar-refractivity contribution in [3.8, 4) is 5.75 Å². The van der Waals surface area contributed by atoms with Gasteiger partial charge in [0.2, 0.25) is 5.91 Å². The molecule has 2 aromatic rings. The Balaban J connectivity index is 2.22. The topological polar surface area (TPSA) is 38.3 Å². The van der Waals surface area contributed by atoms with Gasteiger partial charge in [0.15, 0.2) is 0 Å². The number of rotatable bonds is 5. The van der Waals surface area contributed by atoms with Gasteiger partial charge in [-0.1, -0.05) is 43.7 Å². The van der Waals surface area contributed by atoms with Crippen LogP contribution in [0.5, 0.6) is 5.75 Å². The van der Waals surface area contributed by atoms with E-state index in [0.29, 0.717) is 5.92 Å². The summed E-state index contributed by atoms with van der Waals surface area (Å²) in [7, 11) is 1.63. The molecule has 0 saturated carbocycles. The third kappa shape index (κ3) is 4.25. The SMILES string of the molecule is COc1ccc(C)cc1/C=C/C(=O)Nc1c(C)cccc1C(C)C. The number of carbonyl (C=O) groups is 1. The van der Waals surface area contributed by atoms with Crippen LogP contribution in [-0.4, -0.2) is 13.0 Å². The van der Waals surface area contributed by atoms with Crippen LogP contribution in [0.1, 0.15) is 42.0 Å². The lowest BCUT2D eigenvalue weighted by Crippen LogP contribution is -2.11. The van der Waals surface area contributed by atoms with Crippen LogP contribution in [0.3, 0.4) is 0 Å². The summed E-state index contributed by atoms with van der Waals surface area (Å²) < 4.78 is 5.34. The van der Waals surface area contributed by atoms with Crippen LogP contribution in [0.4, 0.5) is 5.69 Å². The zero-order chi connectivity index (χ0) is 17.7. The van der Waals surface area contributed by atoms with Crippen molar-refractivity contribution in [2.24, 2.45) is 0 Å². The number of benzene rings is 2. The van der Waals surface area contributed by atoms with Gasteiger partial charge in [0.1, 0.15) is 5.75 Å². The fourth-order valence-electron chi connectivity index (χ4n) is 2.66. The maximum Gasteiger partial charge on any atom is 0.248 e. The Hall–Kier alpha value is -2.55. The minimum Gasteiger partial charge on any atom is -0.496 e. The molecule has 0 bridgehead atoms.